The average molecular weight is 423 g/mol. The second-order valence-corrected chi connectivity index (χ2v) is 8.86. The highest BCUT2D eigenvalue weighted by molar-refractivity contribution is 8.02. The zero-order valence-corrected chi connectivity index (χ0v) is 17.0. The number of nitrogens with one attached hydrogen (secondary N) is 1. The highest BCUT2D eigenvalue weighted by Crippen LogP contribution is 2.49. The molecule has 0 radical (unpaired) electrons. The molecule has 7 nitrogen and oxygen atoms in total. The number of carbonyl (C=O) groups excluding carboxylic acids is 2. The summed E-state index contributed by atoms with van der Waals surface area (Å²) in [6.45, 7) is 0. The number of rotatable bonds is 3. The Kier molecular flexibility index (Phi) is 4.56. The number of hydrogen-bond donors (Lipinski definition) is 2. The van der Waals surface area contributed by atoms with Crippen LogP contribution in [0.25, 0.3) is 0 Å². The van der Waals surface area contributed by atoms with Gasteiger partial charge in [0, 0.05) is 24.2 Å². The predicted octanol–water partition coefficient (Wildman–Crippen LogP) is 3.00. The van der Waals surface area contributed by atoms with Crippen LogP contribution in [0.3, 0.4) is 0 Å². The third-order valence-electron chi connectivity index (χ3n) is 6.12. The van der Waals surface area contributed by atoms with Gasteiger partial charge in [0.05, 0.1) is 5.56 Å². The van der Waals surface area contributed by atoms with Gasteiger partial charge >= 0.3 is 5.97 Å². The summed E-state index contributed by atoms with van der Waals surface area (Å²) in [6.07, 6.45) is 6.15. The van der Waals surface area contributed by atoms with E-state index in [0.29, 0.717) is 18.4 Å². The number of benzene rings is 1. The molecule has 1 aromatic carbocycles. The molecule has 154 valence electrons. The minimum atomic E-state index is -1.52. The highest BCUT2D eigenvalue weighted by Gasteiger charge is 2.53. The first kappa shape index (κ1) is 19.1. The van der Waals surface area contributed by atoms with Gasteiger partial charge in [-0.1, -0.05) is 30.3 Å². The molecule has 8 heteroatoms. The zero-order valence-electron chi connectivity index (χ0n) is 16.2. The molecular formula is C22H21N3O4S. The number of hydrazine groups is 1. The van der Waals surface area contributed by atoms with Crippen molar-refractivity contribution in [3.05, 3.63) is 77.1 Å². The first-order valence-electron chi connectivity index (χ1n) is 9.88. The van der Waals surface area contributed by atoms with Crippen molar-refractivity contribution in [2.45, 2.75) is 42.3 Å². The van der Waals surface area contributed by atoms with Crippen LogP contribution in [0.1, 0.15) is 52.5 Å². The fourth-order valence-electron chi connectivity index (χ4n) is 4.38. The smallest absolute Gasteiger partial charge is 0.339 e. The highest BCUT2D eigenvalue weighted by atomic mass is 32.2. The number of carbonyl (C=O) groups is 2. The molecule has 3 heterocycles. The van der Waals surface area contributed by atoms with Gasteiger partial charge < -0.3 is 9.84 Å². The third-order valence-corrected chi connectivity index (χ3v) is 7.16. The summed E-state index contributed by atoms with van der Waals surface area (Å²) in [5.74, 6) is -0.812. The Morgan fingerprint density at radius 2 is 1.97 bits per heavy atom. The largest absolute Gasteiger partial charge is 0.450 e. The number of hydrogen-bond acceptors (Lipinski definition) is 7. The van der Waals surface area contributed by atoms with E-state index in [2.05, 4.69) is 10.4 Å². The van der Waals surface area contributed by atoms with Gasteiger partial charge in [0.2, 0.25) is 0 Å². The lowest BCUT2D eigenvalue weighted by Gasteiger charge is -2.41. The van der Waals surface area contributed by atoms with Crippen molar-refractivity contribution < 1.29 is 19.4 Å². The molecule has 3 aliphatic rings. The van der Waals surface area contributed by atoms with Crippen LogP contribution in [-0.2, 0) is 15.1 Å². The Morgan fingerprint density at radius 3 is 2.73 bits per heavy atom. The fourth-order valence-corrected chi connectivity index (χ4v) is 5.30. The monoisotopic (exact) mass is 423 g/mol. The first-order valence-corrected chi connectivity index (χ1v) is 10.8. The van der Waals surface area contributed by atoms with Crippen molar-refractivity contribution in [2.24, 2.45) is 0 Å². The maximum atomic E-state index is 13.0. The zero-order chi connectivity index (χ0) is 20.8. The van der Waals surface area contributed by atoms with Gasteiger partial charge in [-0.3, -0.25) is 20.2 Å². The number of aromatic nitrogens is 1. The molecule has 1 aromatic heterocycles. The van der Waals surface area contributed by atoms with E-state index in [1.54, 1.807) is 41.4 Å². The molecule has 1 aliphatic carbocycles. The van der Waals surface area contributed by atoms with E-state index in [1.165, 1.54) is 0 Å². The maximum Gasteiger partial charge on any atom is 0.339 e. The van der Waals surface area contributed by atoms with Gasteiger partial charge in [0.15, 0.2) is 0 Å². The third kappa shape index (κ3) is 3.07. The molecule has 1 spiro atoms. The van der Waals surface area contributed by atoms with Gasteiger partial charge in [0.25, 0.3) is 5.91 Å². The maximum absolute atomic E-state index is 13.0. The van der Waals surface area contributed by atoms with E-state index >= 15 is 0 Å². The number of esters is 1. The summed E-state index contributed by atoms with van der Waals surface area (Å²) in [4.78, 5) is 29.4. The molecule has 0 saturated heterocycles. The van der Waals surface area contributed by atoms with Crippen molar-refractivity contribution in [3.8, 4) is 0 Å². The lowest BCUT2D eigenvalue weighted by molar-refractivity contribution is -0.154. The summed E-state index contributed by atoms with van der Waals surface area (Å²) >= 11 is 1.58. The Bertz CT molecular complexity index is 1020. The predicted molar refractivity (Wildman–Crippen MR) is 111 cm³/mol. The van der Waals surface area contributed by atoms with E-state index in [9.17, 15) is 14.7 Å². The number of nitrogens with zero attached hydrogens (tertiary/aromatic N) is 2. The summed E-state index contributed by atoms with van der Waals surface area (Å²) in [5.41, 5.74) is 2.86. The van der Waals surface area contributed by atoms with Crippen LogP contribution in [0.4, 0.5) is 0 Å². The second kappa shape index (κ2) is 7.14. The lowest BCUT2D eigenvalue weighted by atomic mass is 9.73. The molecule has 1 atom stereocenters. The molecule has 1 amide bonds. The molecule has 2 N–H and O–H groups in total. The van der Waals surface area contributed by atoms with E-state index in [4.69, 9.17) is 4.74 Å². The summed E-state index contributed by atoms with van der Waals surface area (Å²) in [5, 5.41) is 14.6. The van der Waals surface area contributed by atoms with E-state index in [1.807, 2.05) is 35.7 Å². The number of pyridine rings is 1. The number of fused-ring (bicyclic) bond motifs is 2. The van der Waals surface area contributed by atoms with Crippen molar-refractivity contribution >= 4 is 23.6 Å². The van der Waals surface area contributed by atoms with Crippen molar-refractivity contribution in [3.63, 3.8) is 0 Å². The van der Waals surface area contributed by atoms with Gasteiger partial charge in [0.1, 0.15) is 16.6 Å². The summed E-state index contributed by atoms with van der Waals surface area (Å²) < 4.78 is 5.69. The number of amides is 1. The SMILES string of the molecule is O=C1O[C@]2(CC[C@](O)(C(=O)NN3C=CSC3c3ccccc3)CC2)c2cnccc21. The van der Waals surface area contributed by atoms with Crippen LogP contribution < -0.4 is 5.43 Å². The Hall–Kier alpha value is -2.84. The van der Waals surface area contributed by atoms with Crippen LogP contribution in [0.5, 0.6) is 0 Å². The molecule has 1 fully saturated rings. The minimum absolute atomic E-state index is 0.0811. The van der Waals surface area contributed by atoms with Gasteiger partial charge in [-0.15, -0.1) is 11.8 Å². The van der Waals surface area contributed by atoms with Crippen molar-refractivity contribution in [2.75, 3.05) is 0 Å². The quantitative estimate of drug-likeness (QED) is 0.733. The number of aliphatic hydroxyl groups is 1. The Balaban J connectivity index is 1.29. The molecular weight excluding hydrogens is 402 g/mol. The van der Waals surface area contributed by atoms with Crippen molar-refractivity contribution in [1.29, 1.82) is 0 Å². The normalized spacial score (nSPS) is 29.7. The van der Waals surface area contributed by atoms with Crippen molar-refractivity contribution in [1.82, 2.24) is 15.4 Å². The van der Waals surface area contributed by atoms with E-state index < -0.39 is 17.1 Å². The topological polar surface area (TPSA) is 91.8 Å². The standard InChI is InChI=1S/C22H21N3O4S/c26-19-16-6-11-23-14-17(16)22(29-19)9-7-21(28,8-10-22)20(27)24-25-12-13-30-18(25)15-4-2-1-3-5-15/h1-6,11-14,18,28H,7-10H2,(H,24,27)/t18?,21-,22+. The number of ether oxygens (including phenoxy) is 1. The van der Waals surface area contributed by atoms with Gasteiger partial charge in [-0.05, 0) is 42.7 Å². The molecule has 30 heavy (non-hydrogen) atoms. The van der Waals surface area contributed by atoms with Gasteiger partial charge in [-0.2, -0.15) is 0 Å². The summed E-state index contributed by atoms with van der Waals surface area (Å²) in [7, 11) is 0. The second-order valence-electron chi connectivity index (χ2n) is 7.87. The Labute approximate surface area is 178 Å². The van der Waals surface area contributed by atoms with Crippen LogP contribution in [0, 0.1) is 0 Å². The van der Waals surface area contributed by atoms with E-state index in [-0.39, 0.29) is 24.2 Å². The lowest BCUT2D eigenvalue weighted by Crippen LogP contribution is -2.55. The van der Waals surface area contributed by atoms with Crippen LogP contribution in [-0.4, -0.2) is 32.6 Å². The van der Waals surface area contributed by atoms with Crippen LogP contribution in [0.2, 0.25) is 0 Å². The molecule has 5 rings (SSSR count). The molecule has 2 aromatic rings. The summed E-state index contributed by atoms with van der Waals surface area (Å²) in [6, 6.07) is 11.5. The average Bonchev–Trinajstić information content (AvgIpc) is 3.34. The molecule has 1 saturated carbocycles. The number of thioether (sulfide) groups is 1. The van der Waals surface area contributed by atoms with E-state index in [0.717, 1.165) is 11.1 Å². The van der Waals surface area contributed by atoms with Gasteiger partial charge in [-0.25, -0.2) is 4.79 Å². The van der Waals surface area contributed by atoms with Crippen LogP contribution >= 0.6 is 11.8 Å². The first-order chi connectivity index (χ1) is 14.5. The fraction of sp³-hybridized carbons (Fsp3) is 0.318. The molecule has 0 bridgehead atoms. The molecule has 2 aliphatic heterocycles. The molecule has 1 unspecified atom stereocenters. The Morgan fingerprint density at radius 1 is 1.20 bits per heavy atom. The van der Waals surface area contributed by atoms with Crippen LogP contribution in [0.15, 0.2) is 60.4 Å². The minimum Gasteiger partial charge on any atom is -0.450 e.